The predicted molar refractivity (Wildman–Crippen MR) is 56.5 cm³/mol. The molecule has 1 aromatic rings. The van der Waals surface area contributed by atoms with Gasteiger partial charge in [-0.15, -0.1) is 0 Å². The topological polar surface area (TPSA) is 73.7 Å². The Morgan fingerprint density at radius 2 is 2.13 bits per heavy atom. The third-order valence-electron chi connectivity index (χ3n) is 1.94. The third kappa shape index (κ3) is 2.90. The maximum absolute atomic E-state index is 10.5. The molecule has 0 spiro atoms. The molecule has 1 rings (SSSR count). The van der Waals surface area contributed by atoms with Gasteiger partial charge in [0.15, 0.2) is 0 Å². The van der Waals surface area contributed by atoms with Gasteiger partial charge < -0.3 is 10.6 Å². The van der Waals surface area contributed by atoms with Crippen LogP contribution in [0, 0.1) is 6.92 Å². The first kappa shape index (κ1) is 10.9. The molecule has 15 heavy (non-hydrogen) atoms. The first-order valence-electron chi connectivity index (χ1n) is 4.34. The van der Waals surface area contributed by atoms with Crippen LogP contribution in [0.5, 0.6) is 0 Å². The normalized spacial score (nSPS) is 9.93. The molecule has 1 aromatic carbocycles. The number of carbonyl (C=O) groups is 1. The van der Waals surface area contributed by atoms with E-state index in [2.05, 4.69) is 4.79 Å². The first-order chi connectivity index (χ1) is 7.15. The molecule has 0 aromatic heterocycles. The summed E-state index contributed by atoms with van der Waals surface area (Å²) in [5, 5.41) is 8.58. The largest absolute Gasteiger partial charge is 0.472 e. The summed E-state index contributed by atoms with van der Waals surface area (Å²) in [7, 11) is 0. The molecule has 0 saturated heterocycles. The molecular formula is C11H10N2O2. The van der Waals surface area contributed by atoms with E-state index in [9.17, 15) is 4.79 Å². The van der Waals surface area contributed by atoms with E-state index in [-0.39, 0.29) is 0 Å². The smallest absolute Gasteiger partial charge is 0.419 e. The average molecular weight is 202 g/mol. The lowest BCUT2D eigenvalue weighted by Crippen LogP contribution is -2.10. The van der Waals surface area contributed by atoms with E-state index in [0.29, 0.717) is 0 Å². The zero-order valence-electron chi connectivity index (χ0n) is 8.21. The highest BCUT2D eigenvalue weighted by atomic mass is 16.4. The molecule has 0 unspecified atom stereocenters. The molecule has 76 valence electrons. The summed E-state index contributed by atoms with van der Waals surface area (Å²) in [4.78, 5) is 13.2. The van der Waals surface area contributed by atoms with Gasteiger partial charge in [-0.25, -0.2) is 4.79 Å². The lowest BCUT2D eigenvalue weighted by molar-refractivity contribution is -0.133. The molecule has 0 heterocycles. The predicted octanol–water partition coefficient (Wildman–Crippen LogP) is 1.76. The second-order valence-corrected chi connectivity index (χ2v) is 2.98. The van der Waals surface area contributed by atoms with E-state index in [0.717, 1.165) is 11.1 Å². The monoisotopic (exact) mass is 202 g/mol. The standard InChI is InChI=1S/C11H10N2O2/c1-8-4-2-3-5-9(8)6-7-10(13-12)11(14)15/h2-7H,1H3,(H,14,15)/b7-6+. The summed E-state index contributed by atoms with van der Waals surface area (Å²) in [6, 6.07) is 7.51. The van der Waals surface area contributed by atoms with Crippen molar-refractivity contribution in [1.82, 2.24) is 0 Å². The number of benzene rings is 1. The Balaban J connectivity index is 2.96. The molecule has 0 saturated carbocycles. The van der Waals surface area contributed by atoms with E-state index < -0.39 is 11.7 Å². The van der Waals surface area contributed by atoms with Crippen LogP contribution < -0.4 is 0 Å². The van der Waals surface area contributed by atoms with Crippen molar-refractivity contribution in [3.8, 4) is 0 Å². The van der Waals surface area contributed by atoms with Crippen molar-refractivity contribution in [2.24, 2.45) is 0 Å². The SMILES string of the molecule is Cc1ccccc1/C=C/C(=[N+]=[N-])C(=O)O. The van der Waals surface area contributed by atoms with Gasteiger partial charge in [0.25, 0.3) is 0 Å². The first-order valence-corrected chi connectivity index (χ1v) is 4.34. The quantitative estimate of drug-likeness (QED) is 0.460. The Morgan fingerprint density at radius 3 is 2.67 bits per heavy atom. The second-order valence-electron chi connectivity index (χ2n) is 2.98. The van der Waals surface area contributed by atoms with Crippen molar-refractivity contribution in [1.29, 1.82) is 0 Å². The molecule has 0 atom stereocenters. The number of aliphatic carboxylic acids is 1. The molecule has 4 heteroatoms. The van der Waals surface area contributed by atoms with Crippen molar-refractivity contribution in [3.63, 3.8) is 0 Å². The number of hydrogen-bond donors (Lipinski definition) is 1. The number of nitrogens with zero attached hydrogens (tertiary/aromatic N) is 2. The zero-order chi connectivity index (χ0) is 11.3. The van der Waals surface area contributed by atoms with E-state index >= 15 is 0 Å². The molecule has 0 bridgehead atoms. The van der Waals surface area contributed by atoms with Crippen molar-refractivity contribution < 1.29 is 14.7 Å². The molecular weight excluding hydrogens is 192 g/mol. The van der Waals surface area contributed by atoms with E-state index in [1.165, 1.54) is 6.08 Å². The van der Waals surface area contributed by atoms with Crippen molar-refractivity contribution in [2.75, 3.05) is 0 Å². The lowest BCUT2D eigenvalue weighted by Gasteiger charge is -1.96. The summed E-state index contributed by atoms with van der Waals surface area (Å²) < 4.78 is 0. The second kappa shape index (κ2) is 4.88. The summed E-state index contributed by atoms with van der Waals surface area (Å²) in [6.45, 7) is 1.91. The Hall–Kier alpha value is -2.19. The van der Waals surface area contributed by atoms with Crippen molar-refractivity contribution in [3.05, 3.63) is 47.0 Å². The maximum Gasteiger partial charge on any atom is 0.419 e. The molecule has 0 aliphatic heterocycles. The van der Waals surface area contributed by atoms with Gasteiger partial charge in [-0.1, -0.05) is 24.3 Å². The lowest BCUT2D eigenvalue weighted by atomic mass is 10.1. The van der Waals surface area contributed by atoms with Gasteiger partial charge in [0.05, 0.1) is 0 Å². The van der Waals surface area contributed by atoms with Crippen LogP contribution in [0.4, 0.5) is 0 Å². The summed E-state index contributed by atoms with van der Waals surface area (Å²) >= 11 is 0. The highest BCUT2D eigenvalue weighted by molar-refractivity contribution is 6.38. The van der Waals surface area contributed by atoms with Gasteiger partial charge in [0, 0.05) is 6.08 Å². The Labute approximate surface area is 87.1 Å². The van der Waals surface area contributed by atoms with Gasteiger partial charge in [0.1, 0.15) is 0 Å². The Morgan fingerprint density at radius 1 is 1.47 bits per heavy atom. The minimum atomic E-state index is -1.26. The van der Waals surface area contributed by atoms with Gasteiger partial charge in [-0.05, 0) is 24.1 Å². The van der Waals surface area contributed by atoms with Crippen LogP contribution in [-0.2, 0) is 4.79 Å². The number of carboxylic acid groups (broad SMARTS) is 1. The minimum Gasteiger partial charge on any atom is -0.472 e. The highest BCUT2D eigenvalue weighted by Crippen LogP contribution is 2.08. The van der Waals surface area contributed by atoms with Crippen LogP contribution >= 0.6 is 0 Å². The number of aryl methyl sites for hydroxylation is 1. The molecule has 0 amide bonds. The van der Waals surface area contributed by atoms with E-state index in [1.807, 2.05) is 31.2 Å². The highest BCUT2D eigenvalue weighted by Gasteiger charge is 2.13. The molecule has 0 aliphatic rings. The number of carboxylic acids is 1. The van der Waals surface area contributed by atoms with Crippen LogP contribution in [0.3, 0.4) is 0 Å². The zero-order valence-corrected chi connectivity index (χ0v) is 8.21. The molecule has 0 fully saturated rings. The van der Waals surface area contributed by atoms with Crippen molar-refractivity contribution >= 4 is 17.8 Å². The molecule has 1 N–H and O–H groups in total. The van der Waals surface area contributed by atoms with Crippen LogP contribution in [0.15, 0.2) is 30.3 Å². The Bertz CT molecular complexity index is 457. The number of hydrogen-bond acceptors (Lipinski definition) is 1. The molecule has 0 aliphatic carbocycles. The molecule has 0 radical (unpaired) electrons. The van der Waals surface area contributed by atoms with Gasteiger partial charge >= 0.3 is 11.7 Å². The fourth-order valence-corrected chi connectivity index (χ4v) is 1.09. The van der Waals surface area contributed by atoms with Crippen molar-refractivity contribution in [2.45, 2.75) is 6.92 Å². The Kier molecular flexibility index (Phi) is 3.55. The van der Waals surface area contributed by atoms with Crippen LogP contribution in [-0.4, -0.2) is 21.6 Å². The fourth-order valence-electron chi connectivity index (χ4n) is 1.09. The summed E-state index contributed by atoms with van der Waals surface area (Å²) in [5.74, 6) is -1.26. The third-order valence-corrected chi connectivity index (χ3v) is 1.94. The van der Waals surface area contributed by atoms with E-state index in [1.54, 1.807) is 6.08 Å². The minimum absolute atomic E-state index is 0.391. The average Bonchev–Trinajstić information content (AvgIpc) is 2.21. The molecule has 4 nitrogen and oxygen atoms in total. The number of rotatable bonds is 3. The van der Waals surface area contributed by atoms with Crippen LogP contribution in [0.25, 0.3) is 11.6 Å². The van der Waals surface area contributed by atoms with Gasteiger partial charge in [-0.2, -0.15) is 4.79 Å². The summed E-state index contributed by atoms with van der Waals surface area (Å²) in [5.41, 5.74) is 9.92. The van der Waals surface area contributed by atoms with Crippen LogP contribution in [0.1, 0.15) is 11.1 Å². The van der Waals surface area contributed by atoms with Crippen LogP contribution in [0.2, 0.25) is 0 Å². The van der Waals surface area contributed by atoms with Gasteiger partial charge in [-0.3, -0.25) is 0 Å². The fraction of sp³-hybridized carbons (Fsp3) is 0.0909. The van der Waals surface area contributed by atoms with E-state index in [4.69, 9.17) is 10.6 Å². The maximum atomic E-state index is 10.5. The summed E-state index contributed by atoms with van der Waals surface area (Å²) in [6.07, 6.45) is 2.85. The van der Waals surface area contributed by atoms with Gasteiger partial charge in [0.2, 0.25) is 0 Å².